The summed E-state index contributed by atoms with van der Waals surface area (Å²) in [5, 5.41) is 3.33. The van der Waals surface area contributed by atoms with Crippen LogP contribution >= 0.6 is 11.6 Å². The number of aromatic nitrogens is 1. The van der Waals surface area contributed by atoms with Crippen molar-refractivity contribution in [2.45, 2.75) is 0 Å². The fraction of sp³-hybridized carbons (Fsp3) is 0. The largest absolute Gasteiger partial charge is 0.305 e. The number of amides is 1. The van der Waals surface area contributed by atoms with Crippen LogP contribution in [0.4, 0.5) is 0 Å². The van der Waals surface area contributed by atoms with Gasteiger partial charge in [-0.15, -0.1) is 0 Å². The van der Waals surface area contributed by atoms with E-state index in [-0.39, 0.29) is 5.91 Å². The summed E-state index contributed by atoms with van der Waals surface area (Å²) >= 11 is 5.94. The molecule has 0 bridgehead atoms. The molecule has 4 nitrogen and oxygen atoms in total. The van der Waals surface area contributed by atoms with Gasteiger partial charge in [0, 0.05) is 23.0 Å². The average molecular weight is 284 g/mol. The number of amidine groups is 1. The highest BCUT2D eigenvalue weighted by Gasteiger charge is 2.21. The summed E-state index contributed by atoms with van der Waals surface area (Å²) < 4.78 is 0. The van der Waals surface area contributed by atoms with Crippen LogP contribution in [0.5, 0.6) is 0 Å². The third kappa shape index (κ3) is 2.60. The monoisotopic (exact) mass is 283 g/mol. The van der Waals surface area contributed by atoms with Crippen molar-refractivity contribution in [1.82, 2.24) is 10.3 Å². The number of hydrogen-bond donors (Lipinski definition) is 1. The second kappa shape index (κ2) is 5.27. The van der Waals surface area contributed by atoms with Gasteiger partial charge in [0.25, 0.3) is 5.91 Å². The summed E-state index contributed by atoms with van der Waals surface area (Å²) in [6.07, 6.45) is 5.05. The van der Waals surface area contributed by atoms with Gasteiger partial charge >= 0.3 is 0 Å². The summed E-state index contributed by atoms with van der Waals surface area (Å²) in [4.78, 5) is 20.2. The first-order valence-electron chi connectivity index (χ1n) is 6.00. The SMILES string of the molecule is O=C1NC(c2cccc(Cl)c2)=N/C1=C/c1cccnc1. The molecule has 1 amide bonds. The zero-order valence-electron chi connectivity index (χ0n) is 10.4. The molecular formula is C15H10ClN3O. The van der Waals surface area contributed by atoms with Gasteiger partial charge in [0.2, 0.25) is 0 Å². The Hall–Kier alpha value is -2.46. The first-order chi connectivity index (χ1) is 9.72. The van der Waals surface area contributed by atoms with Gasteiger partial charge < -0.3 is 5.32 Å². The van der Waals surface area contributed by atoms with Crippen molar-refractivity contribution in [3.05, 3.63) is 70.6 Å². The van der Waals surface area contributed by atoms with Crippen LogP contribution in [-0.2, 0) is 4.79 Å². The van der Waals surface area contributed by atoms with E-state index >= 15 is 0 Å². The molecule has 0 spiro atoms. The van der Waals surface area contributed by atoms with E-state index in [9.17, 15) is 4.79 Å². The molecule has 0 atom stereocenters. The lowest BCUT2D eigenvalue weighted by molar-refractivity contribution is -0.115. The summed E-state index contributed by atoms with van der Waals surface area (Å²) in [7, 11) is 0. The standard InChI is InChI=1S/C15H10ClN3O/c16-12-5-1-4-11(8-12)14-18-13(15(20)19-14)7-10-3-2-6-17-9-10/h1-9H,(H,18,19,20)/b13-7+. The number of benzene rings is 1. The molecular weight excluding hydrogens is 274 g/mol. The van der Waals surface area contributed by atoms with Crippen LogP contribution in [0.2, 0.25) is 5.02 Å². The molecule has 3 rings (SSSR count). The number of pyridine rings is 1. The van der Waals surface area contributed by atoms with Crippen molar-refractivity contribution >= 4 is 29.4 Å². The number of hydrogen-bond acceptors (Lipinski definition) is 3. The van der Waals surface area contributed by atoms with E-state index in [2.05, 4.69) is 15.3 Å². The highest BCUT2D eigenvalue weighted by Crippen LogP contribution is 2.17. The number of carbonyl (C=O) groups excluding carboxylic acids is 1. The fourth-order valence-electron chi connectivity index (χ4n) is 1.86. The first-order valence-corrected chi connectivity index (χ1v) is 6.38. The van der Waals surface area contributed by atoms with Gasteiger partial charge in [-0.2, -0.15) is 0 Å². The van der Waals surface area contributed by atoms with Crippen LogP contribution in [-0.4, -0.2) is 16.7 Å². The van der Waals surface area contributed by atoms with Crippen LogP contribution in [0.15, 0.2) is 59.5 Å². The van der Waals surface area contributed by atoms with Crippen molar-refractivity contribution in [1.29, 1.82) is 0 Å². The third-order valence-corrected chi connectivity index (χ3v) is 3.02. The molecule has 1 aromatic heterocycles. The molecule has 0 aliphatic carbocycles. The Kier molecular flexibility index (Phi) is 3.31. The fourth-order valence-corrected chi connectivity index (χ4v) is 2.05. The summed E-state index contributed by atoms with van der Waals surface area (Å²) in [6, 6.07) is 10.9. The molecule has 1 aromatic carbocycles. The number of rotatable bonds is 2. The topological polar surface area (TPSA) is 54.4 Å². The molecule has 1 aliphatic heterocycles. The second-order valence-electron chi connectivity index (χ2n) is 4.24. The Morgan fingerprint density at radius 1 is 1.20 bits per heavy atom. The van der Waals surface area contributed by atoms with Crippen molar-refractivity contribution in [2.75, 3.05) is 0 Å². The molecule has 1 aliphatic rings. The molecule has 0 saturated carbocycles. The Labute approximate surface area is 120 Å². The van der Waals surface area contributed by atoms with Crippen molar-refractivity contribution in [3.8, 4) is 0 Å². The third-order valence-electron chi connectivity index (χ3n) is 2.78. The highest BCUT2D eigenvalue weighted by molar-refractivity contribution is 6.31. The summed E-state index contributed by atoms with van der Waals surface area (Å²) in [6.45, 7) is 0. The van der Waals surface area contributed by atoms with Gasteiger partial charge in [-0.1, -0.05) is 29.8 Å². The Morgan fingerprint density at radius 2 is 2.10 bits per heavy atom. The molecule has 0 saturated heterocycles. The van der Waals surface area contributed by atoms with Gasteiger partial charge in [-0.05, 0) is 29.8 Å². The Bertz CT molecular complexity index is 723. The van der Waals surface area contributed by atoms with E-state index in [1.807, 2.05) is 18.2 Å². The molecule has 5 heteroatoms. The number of nitrogens with one attached hydrogen (secondary N) is 1. The predicted molar refractivity (Wildman–Crippen MR) is 78.3 cm³/mol. The quantitative estimate of drug-likeness (QED) is 0.862. The van der Waals surface area contributed by atoms with E-state index in [0.717, 1.165) is 11.1 Å². The molecule has 2 aromatic rings. The van der Waals surface area contributed by atoms with E-state index in [1.54, 1.807) is 36.7 Å². The van der Waals surface area contributed by atoms with Crippen LogP contribution in [0, 0.1) is 0 Å². The van der Waals surface area contributed by atoms with Crippen molar-refractivity contribution in [2.24, 2.45) is 4.99 Å². The second-order valence-corrected chi connectivity index (χ2v) is 4.68. The highest BCUT2D eigenvalue weighted by atomic mass is 35.5. The van der Waals surface area contributed by atoms with Gasteiger partial charge in [-0.3, -0.25) is 9.78 Å². The maximum absolute atomic E-state index is 11.9. The van der Waals surface area contributed by atoms with Crippen molar-refractivity contribution < 1.29 is 4.79 Å². The molecule has 1 N–H and O–H groups in total. The number of nitrogens with zero attached hydrogens (tertiary/aromatic N) is 2. The van der Waals surface area contributed by atoms with Crippen LogP contribution in [0.25, 0.3) is 6.08 Å². The first kappa shape index (κ1) is 12.6. The van der Waals surface area contributed by atoms with E-state index in [0.29, 0.717) is 16.6 Å². The lowest BCUT2D eigenvalue weighted by Crippen LogP contribution is -2.24. The van der Waals surface area contributed by atoms with Crippen LogP contribution in [0.1, 0.15) is 11.1 Å². The van der Waals surface area contributed by atoms with Gasteiger partial charge in [0.15, 0.2) is 0 Å². The normalized spacial score (nSPS) is 16.1. The maximum Gasteiger partial charge on any atom is 0.275 e. The maximum atomic E-state index is 11.9. The van der Waals surface area contributed by atoms with E-state index < -0.39 is 0 Å². The average Bonchev–Trinajstić information content (AvgIpc) is 2.81. The van der Waals surface area contributed by atoms with Crippen LogP contribution < -0.4 is 5.32 Å². The molecule has 2 heterocycles. The molecule has 20 heavy (non-hydrogen) atoms. The zero-order chi connectivity index (χ0) is 13.9. The Morgan fingerprint density at radius 3 is 2.85 bits per heavy atom. The van der Waals surface area contributed by atoms with Gasteiger partial charge in [0.05, 0.1) is 0 Å². The summed E-state index contributed by atoms with van der Waals surface area (Å²) in [5.74, 6) is 0.275. The number of halogens is 1. The van der Waals surface area contributed by atoms with Crippen LogP contribution in [0.3, 0.4) is 0 Å². The van der Waals surface area contributed by atoms with Gasteiger partial charge in [-0.25, -0.2) is 4.99 Å². The predicted octanol–water partition coefficient (Wildman–Crippen LogP) is 2.65. The number of aliphatic imine (C=N–C) groups is 1. The smallest absolute Gasteiger partial charge is 0.275 e. The minimum absolute atomic E-state index is 0.233. The van der Waals surface area contributed by atoms with E-state index in [4.69, 9.17) is 11.6 Å². The minimum atomic E-state index is -0.233. The van der Waals surface area contributed by atoms with Gasteiger partial charge in [0.1, 0.15) is 11.5 Å². The minimum Gasteiger partial charge on any atom is -0.305 e. The molecule has 0 radical (unpaired) electrons. The Balaban J connectivity index is 1.95. The summed E-state index contributed by atoms with van der Waals surface area (Å²) in [5.41, 5.74) is 1.96. The molecule has 98 valence electrons. The lowest BCUT2D eigenvalue weighted by atomic mass is 10.2. The van der Waals surface area contributed by atoms with E-state index in [1.165, 1.54) is 0 Å². The lowest BCUT2D eigenvalue weighted by Gasteiger charge is -2.00. The zero-order valence-corrected chi connectivity index (χ0v) is 11.1. The molecule has 0 unspecified atom stereocenters. The molecule has 0 fully saturated rings. The van der Waals surface area contributed by atoms with Crippen molar-refractivity contribution in [3.63, 3.8) is 0 Å². The number of carbonyl (C=O) groups is 1.